The van der Waals surface area contributed by atoms with Crippen molar-refractivity contribution < 1.29 is 4.79 Å². The molecule has 110 valence electrons. The van der Waals surface area contributed by atoms with E-state index in [1.165, 1.54) is 4.90 Å². The molecule has 0 aromatic heterocycles. The van der Waals surface area contributed by atoms with Crippen LogP contribution in [-0.4, -0.2) is 45.1 Å². The van der Waals surface area contributed by atoms with E-state index in [4.69, 9.17) is 11.6 Å². The summed E-state index contributed by atoms with van der Waals surface area (Å²) in [7, 11) is 6.95. The van der Waals surface area contributed by atoms with Crippen LogP contribution < -0.4 is 10.2 Å². The molecule has 1 N–H and O–H groups in total. The summed E-state index contributed by atoms with van der Waals surface area (Å²) in [6, 6.07) is 5.35. The number of urea groups is 1. The zero-order valence-corrected chi connectivity index (χ0v) is 13.3. The molecular formula is C14H21ClN4O. The number of nitrogens with zero attached hydrogens (tertiary/aromatic N) is 3. The van der Waals surface area contributed by atoms with Crippen molar-refractivity contribution in [2.45, 2.75) is 13.3 Å². The molecular weight excluding hydrogens is 276 g/mol. The first kappa shape index (κ1) is 16.3. The van der Waals surface area contributed by atoms with Gasteiger partial charge >= 0.3 is 6.03 Å². The highest BCUT2D eigenvalue weighted by atomic mass is 35.5. The van der Waals surface area contributed by atoms with Crippen LogP contribution in [0.1, 0.15) is 12.5 Å². The molecule has 1 rings (SSSR count). The zero-order valence-electron chi connectivity index (χ0n) is 12.6. The van der Waals surface area contributed by atoms with E-state index in [1.54, 1.807) is 25.1 Å². The van der Waals surface area contributed by atoms with E-state index in [2.05, 4.69) is 10.3 Å². The van der Waals surface area contributed by atoms with E-state index >= 15 is 0 Å². The molecule has 2 amide bonds. The van der Waals surface area contributed by atoms with Crippen molar-refractivity contribution >= 4 is 29.3 Å². The van der Waals surface area contributed by atoms with Gasteiger partial charge in [-0.25, -0.2) is 4.79 Å². The van der Waals surface area contributed by atoms with E-state index in [0.29, 0.717) is 11.0 Å². The van der Waals surface area contributed by atoms with Crippen molar-refractivity contribution in [3.8, 4) is 0 Å². The summed E-state index contributed by atoms with van der Waals surface area (Å²) < 4.78 is 0. The minimum absolute atomic E-state index is 0.276. The molecule has 1 aromatic rings. The second-order valence-corrected chi connectivity index (χ2v) is 4.94. The van der Waals surface area contributed by atoms with Gasteiger partial charge in [-0.2, -0.15) is 0 Å². The van der Waals surface area contributed by atoms with Crippen LogP contribution in [0.5, 0.6) is 0 Å². The molecule has 0 fully saturated rings. The Hall–Kier alpha value is -1.75. The van der Waals surface area contributed by atoms with E-state index in [1.807, 2.05) is 33.2 Å². The minimum Gasteiger partial charge on any atom is -0.349 e. The maximum Gasteiger partial charge on any atom is 0.328 e. The molecule has 0 saturated heterocycles. The van der Waals surface area contributed by atoms with Crippen molar-refractivity contribution in [3.63, 3.8) is 0 Å². The van der Waals surface area contributed by atoms with Crippen molar-refractivity contribution in [1.82, 2.24) is 10.2 Å². The van der Waals surface area contributed by atoms with Gasteiger partial charge in [0.2, 0.25) is 5.96 Å². The summed E-state index contributed by atoms with van der Waals surface area (Å²) in [4.78, 5) is 19.6. The Morgan fingerprint density at radius 3 is 2.50 bits per heavy atom. The first-order valence-corrected chi connectivity index (χ1v) is 6.76. The van der Waals surface area contributed by atoms with E-state index < -0.39 is 0 Å². The molecule has 20 heavy (non-hydrogen) atoms. The lowest BCUT2D eigenvalue weighted by Gasteiger charge is -2.24. The van der Waals surface area contributed by atoms with Gasteiger partial charge in [0.1, 0.15) is 0 Å². The maximum absolute atomic E-state index is 12.3. The fourth-order valence-corrected chi connectivity index (χ4v) is 2.19. The number of para-hydroxylation sites is 1. The number of hydrogen-bond acceptors (Lipinski definition) is 2. The van der Waals surface area contributed by atoms with Gasteiger partial charge in [0.25, 0.3) is 0 Å². The highest BCUT2D eigenvalue weighted by molar-refractivity contribution is 6.34. The number of carbonyl (C=O) groups excluding carboxylic acids is 1. The molecule has 5 nitrogen and oxygen atoms in total. The van der Waals surface area contributed by atoms with Gasteiger partial charge in [0.15, 0.2) is 0 Å². The van der Waals surface area contributed by atoms with Crippen LogP contribution in [0, 0.1) is 0 Å². The molecule has 0 aliphatic rings. The third kappa shape index (κ3) is 3.63. The van der Waals surface area contributed by atoms with Crippen molar-refractivity contribution in [2.75, 3.05) is 33.1 Å². The number of carbonyl (C=O) groups is 1. The summed E-state index contributed by atoms with van der Waals surface area (Å²) in [6.07, 6.45) is 0.802. The van der Waals surface area contributed by atoms with Gasteiger partial charge in [-0.05, 0) is 18.1 Å². The molecule has 0 aliphatic carbocycles. The number of rotatable bonds is 2. The molecule has 6 heteroatoms. The Labute approximate surface area is 125 Å². The van der Waals surface area contributed by atoms with Gasteiger partial charge in [0.05, 0.1) is 10.7 Å². The topological polar surface area (TPSA) is 47.9 Å². The summed E-state index contributed by atoms with van der Waals surface area (Å²) >= 11 is 6.22. The van der Waals surface area contributed by atoms with E-state index in [0.717, 1.165) is 17.7 Å². The normalized spacial score (nSPS) is 11.2. The standard InChI is InChI=1S/C14H21ClN4O/c1-6-10-8-7-9-11(15)12(10)19(5)14(20)17-13(16-2)18(3)4/h7-9H,6H2,1-5H3,(H,16,17,20). The highest BCUT2D eigenvalue weighted by Crippen LogP contribution is 2.29. The number of nitrogens with one attached hydrogen (secondary N) is 1. The van der Waals surface area contributed by atoms with Crippen LogP contribution in [0.15, 0.2) is 23.2 Å². The number of aryl methyl sites for hydroxylation is 1. The molecule has 0 radical (unpaired) electrons. The average molecular weight is 297 g/mol. The predicted octanol–water partition coefficient (Wildman–Crippen LogP) is 2.60. The molecule has 0 saturated carbocycles. The summed E-state index contributed by atoms with van der Waals surface area (Å²) in [6.45, 7) is 2.03. The lowest BCUT2D eigenvalue weighted by atomic mass is 10.1. The number of benzene rings is 1. The minimum atomic E-state index is -0.276. The Morgan fingerprint density at radius 1 is 1.35 bits per heavy atom. The third-order valence-corrected chi connectivity index (χ3v) is 3.25. The summed E-state index contributed by atoms with van der Waals surface area (Å²) in [5, 5.41) is 3.30. The van der Waals surface area contributed by atoms with Crippen LogP contribution in [0.25, 0.3) is 0 Å². The first-order chi connectivity index (χ1) is 9.42. The molecule has 0 atom stereocenters. The first-order valence-electron chi connectivity index (χ1n) is 6.38. The Kier molecular flexibility index (Phi) is 5.82. The van der Waals surface area contributed by atoms with Crippen LogP contribution in [0.3, 0.4) is 0 Å². The third-order valence-electron chi connectivity index (χ3n) is 2.95. The van der Waals surface area contributed by atoms with E-state index in [-0.39, 0.29) is 6.03 Å². The van der Waals surface area contributed by atoms with Gasteiger partial charge in [-0.15, -0.1) is 0 Å². The van der Waals surface area contributed by atoms with Gasteiger partial charge in [0, 0.05) is 28.2 Å². The molecule has 1 aromatic carbocycles. The van der Waals surface area contributed by atoms with Crippen LogP contribution in [0.2, 0.25) is 5.02 Å². The largest absolute Gasteiger partial charge is 0.349 e. The SMILES string of the molecule is CCc1cccc(Cl)c1N(C)C(=O)NC(=NC)N(C)C. The lowest BCUT2D eigenvalue weighted by Crippen LogP contribution is -2.46. The molecule has 0 bridgehead atoms. The van der Waals surface area contributed by atoms with Crippen molar-refractivity contribution in [1.29, 1.82) is 0 Å². The second kappa shape index (κ2) is 7.14. The molecule has 0 heterocycles. The smallest absolute Gasteiger partial charge is 0.328 e. The summed E-state index contributed by atoms with van der Waals surface area (Å²) in [5.41, 5.74) is 1.75. The number of hydrogen-bond donors (Lipinski definition) is 1. The highest BCUT2D eigenvalue weighted by Gasteiger charge is 2.18. The Morgan fingerprint density at radius 2 is 2.00 bits per heavy atom. The fraction of sp³-hybridized carbons (Fsp3) is 0.429. The zero-order chi connectivity index (χ0) is 15.3. The van der Waals surface area contributed by atoms with Gasteiger partial charge in [-0.1, -0.05) is 30.7 Å². The van der Waals surface area contributed by atoms with Crippen LogP contribution in [-0.2, 0) is 6.42 Å². The summed E-state index contributed by atoms with van der Waals surface area (Å²) in [5.74, 6) is 0.493. The number of halogens is 1. The van der Waals surface area contributed by atoms with Gasteiger partial charge < -0.3 is 4.90 Å². The molecule has 0 spiro atoms. The quantitative estimate of drug-likeness (QED) is 0.673. The lowest BCUT2D eigenvalue weighted by molar-refractivity contribution is 0.250. The number of guanidine groups is 1. The number of anilines is 1. The van der Waals surface area contributed by atoms with Crippen molar-refractivity contribution in [3.05, 3.63) is 28.8 Å². The maximum atomic E-state index is 12.3. The van der Waals surface area contributed by atoms with Crippen molar-refractivity contribution in [2.24, 2.45) is 4.99 Å². The van der Waals surface area contributed by atoms with Crippen LogP contribution in [0.4, 0.5) is 10.5 Å². The monoisotopic (exact) mass is 296 g/mol. The predicted molar refractivity (Wildman–Crippen MR) is 84.8 cm³/mol. The number of amides is 2. The van der Waals surface area contributed by atoms with Crippen LogP contribution >= 0.6 is 11.6 Å². The molecule has 0 aliphatic heterocycles. The average Bonchev–Trinajstić information content (AvgIpc) is 2.42. The van der Waals surface area contributed by atoms with E-state index in [9.17, 15) is 4.79 Å². The number of aliphatic imine (C=N–C) groups is 1. The molecule has 0 unspecified atom stereocenters. The van der Waals surface area contributed by atoms with Gasteiger partial charge in [-0.3, -0.25) is 15.2 Å². The second-order valence-electron chi connectivity index (χ2n) is 4.53. The fourth-order valence-electron chi connectivity index (χ4n) is 1.87. The Bertz CT molecular complexity index is 514. The Balaban J connectivity index is 3.01.